The predicted octanol–water partition coefficient (Wildman–Crippen LogP) is 5.92. The Hall–Kier alpha value is -3.47. The van der Waals surface area contributed by atoms with Gasteiger partial charge in [-0.2, -0.15) is 5.26 Å². The number of nitrogens with zero attached hydrogens (tertiary/aromatic N) is 1. The van der Waals surface area contributed by atoms with E-state index < -0.39 is 11.9 Å². The van der Waals surface area contributed by atoms with Crippen molar-refractivity contribution in [3.8, 4) is 23.3 Å². The number of esters is 1. The van der Waals surface area contributed by atoms with E-state index in [1.165, 1.54) is 0 Å². The van der Waals surface area contributed by atoms with Crippen LogP contribution in [0.3, 0.4) is 0 Å². The zero-order chi connectivity index (χ0) is 24.4. The van der Waals surface area contributed by atoms with E-state index in [0.717, 1.165) is 26.7 Å². The van der Waals surface area contributed by atoms with Crippen LogP contribution < -0.4 is 19.9 Å². The Bertz CT molecular complexity index is 1340. The summed E-state index contributed by atoms with van der Waals surface area (Å²) >= 11 is 9.73. The number of aryl methyl sites for hydroxylation is 2. The maximum atomic E-state index is 12.4. The van der Waals surface area contributed by atoms with Crippen molar-refractivity contribution in [1.29, 1.82) is 5.26 Å². The van der Waals surface area contributed by atoms with Gasteiger partial charge in [0.05, 0.1) is 5.92 Å². The SMILES string of the molecule is Cc1cc(OCC(=O)Oc2ccc3c(c2)OC(N)=C(C#N)C3c2ccccc2Br)cc(C)c1Cl. The molecule has 0 radical (unpaired) electrons. The first-order chi connectivity index (χ1) is 16.3. The van der Waals surface area contributed by atoms with Crippen LogP contribution in [-0.4, -0.2) is 12.6 Å². The van der Waals surface area contributed by atoms with E-state index in [-0.39, 0.29) is 18.2 Å². The number of allylic oxidation sites excluding steroid dienone is 1. The fourth-order valence-electron chi connectivity index (χ4n) is 3.82. The highest BCUT2D eigenvalue weighted by Gasteiger charge is 2.32. The van der Waals surface area contributed by atoms with Crippen molar-refractivity contribution in [3.05, 3.63) is 97.8 Å². The van der Waals surface area contributed by atoms with Gasteiger partial charge in [-0.25, -0.2) is 4.79 Å². The van der Waals surface area contributed by atoms with Crippen LogP contribution in [0.2, 0.25) is 5.02 Å². The van der Waals surface area contributed by atoms with Crippen molar-refractivity contribution in [2.45, 2.75) is 19.8 Å². The highest BCUT2D eigenvalue weighted by atomic mass is 79.9. The average molecular weight is 540 g/mol. The van der Waals surface area contributed by atoms with E-state index in [1.54, 1.807) is 30.3 Å². The number of hydrogen-bond donors (Lipinski definition) is 1. The predicted molar refractivity (Wildman–Crippen MR) is 132 cm³/mol. The molecule has 3 aromatic rings. The molecule has 1 aliphatic rings. The van der Waals surface area contributed by atoms with E-state index in [1.807, 2.05) is 38.1 Å². The Morgan fingerprint density at radius 2 is 1.82 bits per heavy atom. The van der Waals surface area contributed by atoms with Gasteiger partial charge in [0, 0.05) is 21.1 Å². The third kappa shape index (κ3) is 4.74. The molecule has 0 saturated heterocycles. The lowest BCUT2D eigenvalue weighted by Crippen LogP contribution is -2.22. The van der Waals surface area contributed by atoms with Crippen LogP contribution in [0.15, 0.2) is 70.5 Å². The second-order valence-corrected chi connectivity index (χ2v) is 9.01. The van der Waals surface area contributed by atoms with Gasteiger partial charge in [-0.15, -0.1) is 0 Å². The molecule has 6 nitrogen and oxygen atoms in total. The molecule has 4 rings (SSSR count). The zero-order valence-corrected chi connectivity index (χ0v) is 20.7. The summed E-state index contributed by atoms with van der Waals surface area (Å²) in [6.45, 7) is 3.46. The van der Waals surface area contributed by atoms with E-state index in [9.17, 15) is 10.1 Å². The highest BCUT2D eigenvalue weighted by molar-refractivity contribution is 9.10. The van der Waals surface area contributed by atoms with Crippen molar-refractivity contribution in [1.82, 2.24) is 0 Å². The molecule has 34 heavy (non-hydrogen) atoms. The molecule has 0 aromatic heterocycles. The third-order valence-corrected chi connectivity index (χ3v) is 6.72. The van der Waals surface area contributed by atoms with Crippen molar-refractivity contribution in [2.24, 2.45) is 5.73 Å². The lowest BCUT2D eigenvalue weighted by molar-refractivity contribution is -0.136. The number of carbonyl (C=O) groups excluding carboxylic acids is 1. The Morgan fingerprint density at radius 1 is 1.12 bits per heavy atom. The van der Waals surface area contributed by atoms with Gasteiger partial charge in [-0.1, -0.05) is 51.8 Å². The average Bonchev–Trinajstić information content (AvgIpc) is 2.80. The van der Waals surface area contributed by atoms with E-state index in [2.05, 4.69) is 22.0 Å². The molecular weight excluding hydrogens is 520 g/mol. The summed E-state index contributed by atoms with van der Waals surface area (Å²) in [5.74, 6) is 0.222. The Morgan fingerprint density at radius 3 is 2.50 bits per heavy atom. The van der Waals surface area contributed by atoms with Crippen LogP contribution in [0, 0.1) is 25.2 Å². The zero-order valence-electron chi connectivity index (χ0n) is 18.4. The fraction of sp³-hybridized carbons (Fsp3) is 0.154. The summed E-state index contributed by atoms with van der Waals surface area (Å²) < 4.78 is 17.6. The number of hydrogen-bond acceptors (Lipinski definition) is 6. The number of nitriles is 1. The third-order valence-electron chi connectivity index (χ3n) is 5.41. The minimum absolute atomic E-state index is 0.0102. The number of benzene rings is 3. The number of carbonyl (C=O) groups is 1. The maximum Gasteiger partial charge on any atom is 0.349 e. The molecule has 1 atom stereocenters. The molecule has 2 N–H and O–H groups in total. The first-order valence-electron chi connectivity index (χ1n) is 10.3. The lowest BCUT2D eigenvalue weighted by Gasteiger charge is -2.27. The number of nitrogens with two attached hydrogens (primary N) is 1. The summed E-state index contributed by atoms with van der Waals surface area (Å²) in [5.41, 5.74) is 9.70. The second-order valence-electron chi connectivity index (χ2n) is 7.78. The number of halogens is 2. The summed E-state index contributed by atoms with van der Waals surface area (Å²) in [6.07, 6.45) is 0. The first-order valence-corrected chi connectivity index (χ1v) is 11.5. The van der Waals surface area contributed by atoms with Gasteiger partial charge in [0.2, 0.25) is 5.88 Å². The molecule has 8 heteroatoms. The molecule has 1 unspecified atom stereocenters. The van der Waals surface area contributed by atoms with E-state index in [4.69, 9.17) is 31.5 Å². The summed E-state index contributed by atoms with van der Waals surface area (Å²) in [5, 5.41) is 10.4. The summed E-state index contributed by atoms with van der Waals surface area (Å²) in [4.78, 5) is 12.4. The van der Waals surface area contributed by atoms with Crippen molar-refractivity contribution < 1.29 is 19.0 Å². The minimum Gasteiger partial charge on any atom is -0.482 e. The Balaban J connectivity index is 1.54. The molecule has 0 fully saturated rings. The van der Waals surface area contributed by atoms with Crippen LogP contribution >= 0.6 is 27.5 Å². The summed E-state index contributed by atoms with van der Waals surface area (Å²) in [7, 11) is 0. The Kier molecular flexibility index (Phi) is 6.82. The first kappa shape index (κ1) is 23.7. The van der Waals surface area contributed by atoms with E-state index in [0.29, 0.717) is 22.1 Å². The van der Waals surface area contributed by atoms with E-state index >= 15 is 0 Å². The molecule has 1 aliphatic heterocycles. The van der Waals surface area contributed by atoms with Crippen molar-refractivity contribution >= 4 is 33.5 Å². The molecule has 3 aromatic carbocycles. The molecule has 172 valence electrons. The van der Waals surface area contributed by atoms with Gasteiger partial charge >= 0.3 is 5.97 Å². The topological polar surface area (TPSA) is 94.6 Å². The van der Waals surface area contributed by atoms with Gasteiger partial charge in [0.15, 0.2) is 6.61 Å². The van der Waals surface area contributed by atoms with Crippen molar-refractivity contribution in [3.63, 3.8) is 0 Å². The summed E-state index contributed by atoms with van der Waals surface area (Å²) in [6, 6.07) is 18.3. The molecule has 0 saturated carbocycles. The quantitative estimate of drug-likeness (QED) is 0.319. The largest absolute Gasteiger partial charge is 0.482 e. The monoisotopic (exact) mass is 538 g/mol. The number of fused-ring (bicyclic) bond motifs is 1. The van der Waals surface area contributed by atoms with Crippen LogP contribution in [0.1, 0.15) is 28.2 Å². The number of rotatable bonds is 5. The van der Waals surface area contributed by atoms with Crippen LogP contribution in [0.4, 0.5) is 0 Å². The highest BCUT2D eigenvalue weighted by Crippen LogP contribution is 2.45. The van der Waals surface area contributed by atoms with Gasteiger partial charge in [0.1, 0.15) is 28.9 Å². The molecule has 0 amide bonds. The minimum atomic E-state index is -0.579. The molecule has 0 spiro atoms. The number of ether oxygens (including phenoxy) is 3. The van der Waals surface area contributed by atoms with Gasteiger partial charge in [0.25, 0.3) is 0 Å². The molecule has 0 bridgehead atoms. The van der Waals surface area contributed by atoms with Gasteiger partial charge in [-0.3, -0.25) is 0 Å². The maximum absolute atomic E-state index is 12.4. The van der Waals surface area contributed by atoms with Crippen LogP contribution in [0.25, 0.3) is 0 Å². The smallest absolute Gasteiger partial charge is 0.349 e. The van der Waals surface area contributed by atoms with Crippen LogP contribution in [0.5, 0.6) is 17.2 Å². The second kappa shape index (κ2) is 9.80. The lowest BCUT2D eigenvalue weighted by atomic mass is 9.83. The molecule has 1 heterocycles. The van der Waals surface area contributed by atoms with Gasteiger partial charge in [-0.05, 0) is 54.8 Å². The van der Waals surface area contributed by atoms with Gasteiger partial charge < -0.3 is 19.9 Å². The van der Waals surface area contributed by atoms with Crippen molar-refractivity contribution in [2.75, 3.05) is 6.61 Å². The Labute approximate surface area is 210 Å². The molecular formula is C26H20BrClN2O4. The molecule has 0 aliphatic carbocycles. The standard InChI is InChI=1S/C26H20BrClN2O4/c1-14-9-17(10-15(2)25(14)28)32-13-23(31)33-16-7-8-19-22(11-16)34-26(30)20(12-29)24(19)18-5-3-4-6-21(18)27/h3-11,24H,13,30H2,1-2H3. The normalized spacial score (nSPS) is 14.6. The van der Waals surface area contributed by atoms with Crippen LogP contribution in [-0.2, 0) is 4.79 Å². The fourth-order valence-corrected chi connectivity index (χ4v) is 4.44.